The van der Waals surface area contributed by atoms with Crippen LogP contribution in [0.3, 0.4) is 0 Å². The highest BCUT2D eigenvalue weighted by molar-refractivity contribution is 5.50. The van der Waals surface area contributed by atoms with Crippen LogP contribution in [0.25, 0.3) is 0 Å². The van der Waals surface area contributed by atoms with Crippen LogP contribution in [0.5, 0.6) is 17.2 Å². The second kappa shape index (κ2) is 6.19. The van der Waals surface area contributed by atoms with Crippen molar-refractivity contribution in [3.8, 4) is 17.2 Å². The summed E-state index contributed by atoms with van der Waals surface area (Å²) in [6.07, 6.45) is 0. The van der Waals surface area contributed by atoms with Gasteiger partial charge in [-0.05, 0) is 6.07 Å². The number of methoxy groups -OCH3 is 3. The molecular weight excluding hydrogens is 212 g/mol. The van der Waals surface area contributed by atoms with Crippen LogP contribution in [0.15, 0.2) is 12.1 Å². The van der Waals surface area contributed by atoms with Crippen molar-refractivity contribution in [3.05, 3.63) is 17.7 Å². The molecule has 1 rings (SSSR count). The molecule has 0 unspecified atom stereocenters. The van der Waals surface area contributed by atoms with Gasteiger partial charge in [-0.2, -0.15) is 0 Å². The first-order chi connectivity index (χ1) is 7.76. The van der Waals surface area contributed by atoms with Crippen molar-refractivity contribution in [2.45, 2.75) is 6.61 Å². The lowest BCUT2D eigenvalue weighted by Crippen LogP contribution is -2.03. The second-order valence-electron chi connectivity index (χ2n) is 3.02. The van der Waals surface area contributed by atoms with E-state index in [-0.39, 0.29) is 13.4 Å². The smallest absolute Gasteiger partial charge is 0.188 e. The fourth-order valence-electron chi connectivity index (χ4n) is 1.28. The van der Waals surface area contributed by atoms with Gasteiger partial charge in [0.1, 0.15) is 5.75 Å². The van der Waals surface area contributed by atoms with Gasteiger partial charge >= 0.3 is 0 Å². The molecule has 0 heterocycles. The number of hydrogen-bond acceptors (Lipinski definition) is 5. The van der Waals surface area contributed by atoms with E-state index < -0.39 is 0 Å². The average molecular weight is 228 g/mol. The normalized spacial score (nSPS) is 10.0. The molecule has 0 aliphatic heterocycles. The highest BCUT2D eigenvalue weighted by atomic mass is 16.7. The van der Waals surface area contributed by atoms with Gasteiger partial charge in [0, 0.05) is 18.7 Å². The number of aliphatic hydroxyl groups is 1. The van der Waals surface area contributed by atoms with Crippen LogP contribution in [-0.4, -0.2) is 33.2 Å². The number of benzene rings is 1. The number of ether oxygens (including phenoxy) is 4. The number of hydrogen-bond donors (Lipinski definition) is 1. The summed E-state index contributed by atoms with van der Waals surface area (Å²) in [5.74, 6) is 1.61. The maximum atomic E-state index is 9.18. The van der Waals surface area contributed by atoms with Crippen LogP contribution in [0, 0.1) is 0 Å². The molecule has 0 radical (unpaired) electrons. The van der Waals surface area contributed by atoms with E-state index in [4.69, 9.17) is 18.9 Å². The number of rotatable bonds is 6. The summed E-state index contributed by atoms with van der Waals surface area (Å²) in [5.41, 5.74) is 0.620. The molecule has 0 aliphatic rings. The lowest BCUT2D eigenvalue weighted by atomic mass is 10.2. The van der Waals surface area contributed by atoms with Gasteiger partial charge in [-0.1, -0.05) is 0 Å². The summed E-state index contributed by atoms with van der Waals surface area (Å²) in [5, 5.41) is 9.18. The Hall–Kier alpha value is -1.46. The Balaban J connectivity index is 3.05. The van der Waals surface area contributed by atoms with Gasteiger partial charge in [-0.15, -0.1) is 0 Å². The summed E-state index contributed by atoms with van der Waals surface area (Å²) in [6.45, 7) is -0.0259. The van der Waals surface area contributed by atoms with Gasteiger partial charge in [0.15, 0.2) is 18.3 Å². The molecule has 16 heavy (non-hydrogen) atoms. The van der Waals surface area contributed by atoms with Gasteiger partial charge in [0.05, 0.1) is 20.8 Å². The quantitative estimate of drug-likeness (QED) is 0.741. The zero-order valence-corrected chi connectivity index (χ0v) is 9.65. The van der Waals surface area contributed by atoms with Crippen LogP contribution >= 0.6 is 0 Å². The van der Waals surface area contributed by atoms with Crippen molar-refractivity contribution in [2.24, 2.45) is 0 Å². The highest BCUT2D eigenvalue weighted by Crippen LogP contribution is 2.34. The van der Waals surface area contributed by atoms with Crippen LogP contribution in [0.1, 0.15) is 5.56 Å². The van der Waals surface area contributed by atoms with Crippen molar-refractivity contribution in [1.82, 2.24) is 0 Å². The molecular formula is C11H16O5. The number of aliphatic hydroxyl groups excluding tert-OH is 1. The standard InChI is InChI=1S/C11H16O5/c1-13-7-16-9-5-11(15-3)10(14-2)4-8(9)6-12/h4-5,12H,6-7H2,1-3H3. The third-order valence-electron chi connectivity index (χ3n) is 2.07. The molecule has 0 saturated carbocycles. The summed E-state index contributed by atoms with van der Waals surface area (Å²) in [6, 6.07) is 3.33. The maximum absolute atomic E-state index is 9.18. The van der Waals surface area contributed by atoms with Crippen LogP contribution in [-0.2, 0) is 11.3 Å². The van der Waals surface area contributed by atoms with E-state index in [9.17, 15) is 5.11 Å². The van der Waals surface area contributed by atoms with Gasteiger partial charge in [-0.25, -0.2) is 0 Å². The largest absolute Gasteiger partial charge is 0.493 e. The van der Waals surface area contributed by atoms with Gasteiger partial charge in [0.25, 0.3) is 0 Å². The molecule has 5 heteroatoms. The summed E-state index contributed by atoms with van der Waals surface area (Å²) >= 11 is 0. The van der Waals surface area contributed by atoms with Crippen molar-refractivity contribution >= 4 is 0 Å². The first kappa shape index (κ1) is 12.6. The summed E-state index contributed by atoms with van der Waals surface area (Å²) in [7, 11) is 4.60. The Kier molecular flexibility index (Phi) is 4.88. The van der Waals surface area contributed by atoms with Crippen LogP contribution in [0.2, 0.25) is 0 Å². The highest BCUT2D eigenvalue weighted by Gasteiger charge is 2.11. The van der Waals surface area contributed by atoms with Gasteiger partial charge in [-0.3, -0.25) is 0 Å². The lowest BCUT2D eigenvalue weighted by molar-refractivity contribution is 0.0493. The predicted octanol–water partition coefficient (Wildman–Crippen LogP) is 1.18. The predicted molar refractivity (Wildman–Crippen MR) is 58.0 cm³/mol. The molecule has 1 aromatic rings. The van der Waals surface area contributed by atoms with E-state index in [1.165, 1.54) is 21.3 Å². The van der Waals surface area contributed by atoms with E-state index in [1.807, 2.05) is 0 Å². The lowest BCUT2D eigenvalue weighted by Gasteiger charge is -2.14. The third kappa shape index (κ3) is 2.77. The van der Waals surface area contributed by atoms with Crippen molar-refractivity contribution in [2.75, 3.05) is 28.1 Å². The zero-order valence-electron chi connectivity index (χ0n) is 9.65. The molecule has 0 aliphatic carbocycles. The molecule has 0 aromatic heterocycles. The molecule has 90 valence electrons. The maximum Gasteiger partial charge on any atom is 0.188 e. The Morgan fingerprint density at radius 2 is 1.62 bits per heavy atom. The minimum atomic E-state index is -0.139. The van der Waals surface area contributed by atoms with Crippen molar-refractivity contribution < 1.29 is 24.1 Å². The van der Waals surface area contributed by atoms with E-state index in [0.29, 0.717) is 22.8 Å². The molecule has 1 aromatic carbocycles. The molecule has 0 fully saturated rings. The second-order valence-corrected chi connectivity index (χ2v) is 3.02. The Morgan fingerprint density at radius 1 is 1.00 bits per heavy atom. The molecule has 0 spiro atoms. The van der Waals surface area contributed by atoms with E-state index in [2.05, 4.69) is 0 Å². The minimum absolute atomic E-state index is 0.114. The van der Waals surface area contributed by atoms with E-state index in [1.54, 1.807) is 12.1 Å². The van der Waals surface area contributed by atoms with E-state index >= 15 is 0 Å². The average Bonchev–Trinajstić information content (AvgIpc) is 2.35. The van der Waals surface area contributed by atoms with Crippen LogP contribution < -0.4 is 14.2 Å². The fourth-order valence-corrected chi connectivity index (χ4v) is 1.28. The molecule has 0 bridgehead atoms. The Labute approximate surface area is 94.5 Å². The Morgan fingerprint density at radius 3 is 2.12 bits per heavy atom. The van der Waals surface area contributed by atoms with Gasteiger partial charge < -0.3 is 24.1 Å². The molecule has 0 saturated heterocycles. The first-order valence-electron chi connectivity index (χ1n) is 4.74. The van der Waals surface area contributed by atoms with Gasteiger partial charge in [0.2, 0.25) is 0 Å². The zero-order chi connectivity index (χ0) is 12.0. The summed E-state index contributed by atoms with van der Waals surface area (Å²) in [4.78, 5) is 0. The van der Waals surface area contributed by atoms with Crippen molar-refractivity contribution in [1.29, 1.82) is 0 Å². The third-order valence-corrected chi connectivity index (χ3v) is 2.07. The molecule has 0 atom stereocenters. The Bertz CT molecular complexity index is 337. The fraction of sp³-hybridized carbons (Fsp3) is 0.455. The van der Waals surface area contributed by atoms with E-state index in [0.717, 1.165) is 0 Å². The monoisotopic (exact) mass is 228 g/mol. The molecule has 5 nitrogen and oxygen atoms in total. The first-order valence-corrected chi connectivity index (χ1v) is 4.74. The minimum Gasteiger partial charge on any atom is -0.493 e. The SMILES string of the molecule is COCOc1cc(OC)c(OC)cc1CO. The molecule has 0 amide bonds. The van der Waals surface area contributed by atoms with Crippen molar-refractivity contribution in [3.63, 3.8) is 0 Å². The molecule has 1 N–H and O–H groups in total. The topological polar surface area (TPSA) is 57.2 Å². The van der Waals surface area contributed by atoms with Crippen LogP contribution in [0.4, 0.5) is 0 Å². The summed E-state index contributed by atoms with van der Waals surface area (Å²) < 4.78 is 20.3.